The number of aryl methyl sites for hydroxylation is 2. The van der Waals surface area contributed by atoms with Crippen LogP contribution in [0, 0.1) is 6.92 Å². The zero-order valence-electron chi connectivity index (χ0n) is 11.5. The third kappa shape index (κ3) is 2.33. The molecular weight excluding hydrogens is 336 g/mol. The van der Waals surface area contributed by atoms with Gasteiger partial charge in [-0.15, -0.1) is 0 Å². The number of benzene rings is 1. The number of H-pyrrole nitrogens is 2. The van der Waals surface area contributed by atoms with Crippen molar-refractivity contribution >= 4 is 27.1 Å². The van der Waals surface area contributed by atoms with Crippen LogP contribution in [-0.2, 0) is 6.54 Å². The van der Waals surface area contributed by atoms with Crippen LogP contribution in [0.15, 0.2) is 32.3 Å². The Bertz CT molecular complexity index is 931. The van der Waals surface area contributed by atoms with Gasteiger partial charge in [-0.05, 0) is 37.6 Å². The highest BCUT2D eigenvalue weighted by Gasteiger charge is 2.13. The SMILES string of the molecule is CCn1c(=O)[nH]c(=O)c2[nH]c(-c3cc(C)cc(Br)c3)nc21. The van der Waals surface area contributed by atoms with E-state index in [4.69, 9.17) is 0 Å². The van der Waals surface area contributed by atoms with E-state index in [1.54, 1.807) is 0 Å². The van der Waals surface area contributed by atoms with Gasteiger partial charge in [-0.3, -0.25) is 14.3 Å². The summed E-state index contributed by atoms with van der Waals surface area (Å²) in [4.78, 5) is 33.4. The number of hydrogen-bond donors (Lipinski definition) is 2. The van der Waals surface area contributed by atoms with Crippen molar-refractivity contribution in [2.24, 2.45) is 0 Å². The molecule has 0 aliphatic rings. The van der Waals surface area contributed by atoms with Crippen LogP contribution in [0.1, 0.15) is 12.5 Å². The molecule has 2 aromatic heterocycles. The fourth-order valence-electron chi connectivity index (χ4n) is 2.34. The molecule has 3 rings (SSSR count). The highest BCUT2D eigenvalue weighted by molar-refractivity contribution is 9.10. The minimum Gasteiger partial charge on any atom is -0.332 e. The standard InChI is InChI=1S/C14H13BrN4O2/c1-3-19-12-10(13(20)18-14(19)21)16-11(17-12)8-4-7(2)5-9(15)6-8/h4-6H,3H2,1-2H3,(H,16,17)(H,18,20,21). The van der Waals surface area contributed by atoms with E-state index in [2.05, 4.69) is 30.9 Å². The lowest BCUT2D eigenvalue weighted by Gasteiger charge is -2.01. The number of halogens is 1. The average Bonchev–Trinajstić information content (AvgIpc) is 2.83. The molecule has 0 bridgehead atoms. The molecule has 2 heterocycles. The van der Waals surface area contributed by atoms with Gasteiger partial charge in [0.05, 0.1) is 0 Å². The summed E-state index contributed by atoms with van der Waals surface area (Å²) in [7, 11) is 0. The summed E-state index contributed by atoms with van der Waals surface area (Å²) in [6.45, 7) is 4.25. The van der Waals surface area contributed by atoms with Gasteiger partial charge in [0.2, 0.25) is 0 Å². The quantitative estimate of drug-likeness (QED) is 0.744. The van der Waals surface area contributed by atoms with Crippen LogP contribution in [-0.4, -0.2) is 19.5 Å². The van der Waals surface area contributed by atoms with Gasteiger partial charge in [-0.25, -0.2) is 9.78 Å². The fourth-order valence-corrected chi connectivity index (χ4v) is 2.95. The fraction of sp³-hybridized carbons (Fsp3) is 0.214. The van der Waals surface area contributed by atoms with Crippen LogP contribution in [0.2, 0.25) is 0 Å². The summed E-state index contributed by atoms with van der Waals surface area (Å²) in [5, 5.41) is 0. The number of rotatable bonds is 2. The minimum atomic E-state index is -0.454. The predicted molar refractivity (Wildman–Crippen MR) is 84.5 cm³/mol. The van der Waals surface area contributed by atoms with Gasteiger partial charge in [-0.2, -0.15) is 0 Å². The summed E-state index contributed by atoms with van der Waals surface area (Å²) >= 11 is 3.44. The number of imidazole rings is 1. The van der Waals surface area contributed by atoms with E-state index < -0.39 is 11.2 Å². The summed E-state index contributed by atoms with van der Waals surface area (Å²) in [6, 6.07) is 5.86. The third-order valence-corrected chi connectivity index (χ3v) is 3.72. The van der Waals surface area contributed by atoms with Crippen molar-refractivity contribution in [1.29, 1.82) is 0 Å². The first kappa shape index (κ1) is 13.8. The maximum atomic E-state index is 11.9. The number of nitrogens with zero attached hydrogens (tertiary/aromatic N) is 2. The predicted octanol–water partition coefficient (Wildman–Crippen LogP) is 2.17. The molecule has 7 heteroatoms. The molecule has 0 saturated carbocycles. The van der Waals surface area contributed by atoms with E-state index in [-0.39, 0.29) is 0 Å². The molecule has 0 unspecified atom stereocenters. The van der Waals surface area contributed by atoms with E-state index in [9.17, 15) is 9.59 Å². The van der Waals surface area contributed by atoms with Crippen LogP contribution in [0.3, 0.4) is 0 Å². The Kier molecular flexibility index (Phi) is 3.29. The summed E-state index contributed by atoms with van der Waals surface area (Å²) in [6.07, 6.45) is 0. The first-order chi connectivity index (χ1) is 9.99. The summed E-state index contributed by atoms with van der Waals surface area (Å²) < 4.78 is 2.36. The molecule has 0 radical (unpaired) electrons. The van der Waals surface area contributed by atoms with Crippen LogP contribution >= 0.6 is 15.9 Å². The normalized spacial score (nSPS) is 11.2. The van der Waals surface area contributed by atoms with E-state index in [1.165, 1.54) is 4.57 Å². The highest BCUT2D eigenvalue weighted by atomic mass is 79.9. The minimum absolute atomic E-state index is 0.309. The Morgan fingerprint density at radius 1 is 1.24 bits per heavy atom. The number of aromatic amines is 2. The second kappa shape index (κ2) is 5.00. The number of nitrogens with one attached hydrogen (secondary N) is 2. The number of aromatic nitrogens is 4. The topological polar surface area (TPSA) is 83.5 Å². The molecule has 0 spiro atoms. The Labute approximate surface area is 128 Å². The van der Waals surface area contributed by atoms with Gasteiger partial charge in [0.15, 0.2) is 5.65 Å². The smallest absolute Gasteiger partial charge is 0.330 e. The van der Waals surface area contributed by atoms with Gasteiger partial charge in [-0.1, -0.05) is 15.9 Å². The molecule has 0 aliphatic heterocycles. The molecule has 0 fully saturated rings. The zero-order valence-corrected chi connectivity index (χ0v) is 13.1. The van der Waals surface area contributed by atoms with Crippen molar-refractivity contribution in [1.82, 2.24) is 19.5 Å². The van der Waals surface area contributed by atoms with Gasteiger partial charge in [0.25, 0.3) is 5.56 Å². The van der Waals surface area contributed by atoms with E-state index in [0.717, 1.165) is 15.6 Å². The largest absolute Gasteiger partial charge is 0.332 e. The van der Waals surface area contributed by atoms with E-state index in [1.807, 2.05) is 32.0 Å². The highest BCUT2D eigenvalue weighted by Crippen LogP contribution is 2.23. The van der Waals surface area contributed by atoms with Gasteiger partial charge in [0, 0.05) is 16.6 Å². The van der Waals surface area contributed by atoms with Crippen molar-refractivity contribution in [3.8, 4) is 11.4 Å². The molecular formula is C14H13BrN4O2. The maximum absolute atomic E-state index is 11.9. The van der Waals surface area contributed by atoms with Crippen molar-refractivity contribution < 1.29 is 0 Å². The van der Waals surface area contributed by atoms with Crippen molar-refractivity contribution in [2.45, 2.75) is 20.4 Å². The zero-order chi connectivity index (χ0) is 15.1. The average molecular weight is 349 g/mol. The van der Waals surface area contributed by atoms with Gasteiger partial charge in [0.1, 0.15) is 11.3 Å². The van der Waals surface area contributed by atoms with Crippen LogP contribution < -0.4 is 11.2 Å². The molecule has 3 aromatic rings. The van der Waals surface area contributed by atoms with E-state index >= 15 is 0 Å². The Hall–Kier alpha value is -2.15. The third-order valence-electron chi connectivity index (χ3n) is 3.26. The van der Waals surface area contributed by atoms with Crippen LogP contribution in [0.5, 0.6) is 0 Å². The first-order valence-corrected chi connectivity index (χ1v) is 7.29. The Morgan fingerprint density at radius 3 is 2.67 bits per heavy atom. The lowest BCUT2D eigenvalue weighted by atomic mass is 10.1. The number of hydrogen-bond acceptors (Lipinski definition) is 3. The van der Waals surface area contributed by atoms with E-state index in [0.29, 0.717) is 23.5 Å². The first-order valence-electron chi connectivity index (χ1n) is 6.50. The summed E-state index contributed by atoms with van der Waals surface area (Å²) in [5.74, 6) is 0.563. The van der Waals surface area contributed by atoms with Crippen molar-refractivity contribution in [3.63, 3.8) is 0 Å². The van der Waals surface area contributed by atoms with Crippen LogP contribution in [0.4, 0.5) is 0 Å². The molecule has 0 aliphatic carbocycles. The molecule has 1 aromatic carbocycles. The molecule has 0 amide bonds. The maximum Gasteiger partial charge on any atom is 0.330 e. The second-order valence-electron chi connectivity index (χ2n) is 4.80. The monoisotopic (exact) mass is 348 g/mol. The second-order valence-corrected chi connectivity index (χ2v) is 5.72. The van der Waals surface area contributed by atoms with Crippen molar-refractivity contribution in [2.75, 3.05) is 0 Å². The van der Waals surface area contributed by atoms with Crippen LogP contribution in [0.25, 0.3) is 22.6 Å². The molecule has 21 heavy (non-hydrogen) atoms. The molecule has 2 N–H and O–H groups in total. The van der Waals surface area contributed by atoms with Crippen molar-refractivity contribution in [3.05, 3.63) is 49.1 Å². The Morgan fingerprint density at radius 2 is 2.00 bits per heavy atom. The lowest BCUT2D eigenvalue weighted by molar-refractivity contribution is 0.720. The molecule has 6 nitrogen and oxygen atoms in total. The lowest BCUT2D eigenvalue weighted by Crippen LogP contribution is -2.29. The van der Waals surface area contributed by atoms with Gasteiger partial charge < -0.3 is 4.98 Å². The molecule has 0 saturated heterocycles. The molecule has 0 atom stereocenters. The Balaban J connectivity index is 2.33. The molecule has 108 valence electrons. The van der Waals surface area contributed by atoms with Gasteiger partial charge >= 0.3 is 5.69 Å². The number of fused-ring (bicyclic) bond motifs is 1. The summed E-state index contributed by atoms with van der Waals surface area (Å²) in [5.41, 5.74) is 1.71.